The molecule has 1 aliphatic heterocycles. The Kier molecular flexibility index (Phi) is 6.86. The summed E-state index contributed by atoms with van der Waals surface area (Å²) >= 11 is 4.77. The van der Waals surface area contributed by atoms with Crippen LogP contribution in [-0.2, 0) is 4.79 Å². The number of benzene rings is 2. The molecule has 8 heteroatoms. The van der Waals surface area contributed by atoms with Crippen molar-refractivity contribution in [3.8, 4) is 0 Å². The first kappa shape index (κ1) is 20.7. The Bertz CT molecular complexity index is 961. The highest BCUT2D eigenvalue weighted by molar-refractivity contribution is 9.10. The van der Waals surface area contributed by atoms with Crippen molar-refractivity contribution < 1.29 is 4.79 Å². The number of para-hydroxylation sites is 1. The third-order valence-electron chi connectivity index (χ3n) is 4.83. The van der Waals surface area contributed by atoms with Gasteiger partial charge < -0.3 is 15.1 Å². The molecule has 0 saturated carbocycles. The first-order valence-corrected chi connectivity index (χ1v) is 11.5. The van der Waals surface area contributed by atoms with E-state index in [-0.39, 0.29) is 5.91 Å². The lowest BCUT2D eigenvalue weighted by molar-refractivity contribution is -0.113. The molecule has 0 radical (unpaired) electrons. The summed E-state index contributed by atoms with van der Waals surface area (Å²) in [6, 6.07) is 21.9. The summed E-state index contributed by atoms with van der Waals surface area (Å²) < 4.78 is 0.978. The van der Waals surface area contributed by atoms with Gasteiger partial charge in [-0.25, -0.2) is 0 Å². The zero-order chi connectivity index (χ0) is 20.8. The third kappa shape index (κ3) is 5.52. The van der Waals surface area contributed by atoms with E-state index < -0.39 is 0 Å². The van der Waals surface area contributed by atoms with Crippen LogP contribution in [0.4, 0.5) is 17.2 Å². The Morgan fingerprint density at radius 3 is 2.27 bits per heavy atom. The summed E-state index contributed by atoms with van der Waals surface area (Å²) in [6.45, 7) is 3.73. The van der Waals surface area contributed by atoms with Crippen molar-refractivity contribution in [2.45, 2.75) is 5.03 Å². The molecule has 0 atom stereocenters. The highest BCUT2D eigenvalue weighted by Gasteiger charge is 2.18. The average Bonchev–Trinajstić information content (AvgIpc) is 2.80. The molecule has 4 rings (SSSR count). The minimum absolute atomic E-state index is 0.0646. The van der Waals surface area contributed by atoms with E-state index >= 15 is 0 Å². The van der Waals surface area contributed by atoms with Crippen LogP contribution in [0.1, 0.15) is 0 Å². The molecule has 2 aromatic carbocycles. The van der Waals surface area contributed by atoms with Gasteiger partial charge in [0.25, 0.3) is 0 Å². The standard InChI is InChI=1S/C22H22BrN5OS/c23-17-6-8-18(9-7-17)24-21(29)16-30-22-11-10-20(25-26-22)28-14-12-27(13-15-28)19-4-2-1-3-5-19/h1-11H,12-16H2,(H,24,29). The van der Waals surface area contributed by atoms with Crippen molar-refractivity contribution in [1.82, 2.24) is 10.2 Å². The molecule has 1 saturated heterocycles. The Hall–Kier alpha value is -2.58. The van der Waals surface area contributed by atoms with Crippen molar-refractivity contribution in [2.75, 3.05) is 47.0 Å². The molecule has 154 valence electrons. The molecular weight excluding hydrogens is 462 g/mol. The maximum atomic E-state index is 12.1. The highest BCUT2D eigenvalue weighted by Crippen LogP contribution is 2.21. The third-order valence-corrected chi connectivity index (χ3v) is 6.28. The molecule has 0 unspecified atom stereocenters. The number of halogens is 1. The van der Waals surface area contributed by atoms with Gasteiger partial charge in [-0.05, 0) is 48.5 Å². The Morgan fingerprint density at radius 2 is 1.60 bits per heavy atom. The number of hydrogen-bond acceptors (Lipinski definition) is 6. The van der Waals surface area contributed by atoms with Gasteiger partial charge in [-0.15, -0.1) is 10.2 Å². The second-order valence-electron chi connectivity index (χ2n) is 6.88. The normalized spacial score (nSPS) is 13.9. The van der Waals surface area contributed by atoms with Crippen molar-refractivity contribution in [2.24, 2.45) is 0 Å². The smallest absolute Gasteiger partial charge is 0.234 e. The predicted molar refractivity (Wildman–Crippen MR) is 126 cm³/mol. The lowest BCUT2D eigenvalue weighted by atomic mass is 10.2. The lowest BCUT2D eigenvalue weighted by Crippen LogP contribution is -2.46. The van der Waals surface area contributed by atoms with Crippen LogP contribution >= 0.6 is 27.7 Å². The first-order valence-electron chi connectivity index (χ1n) is 9.74. The number of carbonyl (C=O) groups excluding carboxylic acids is 1. The van der Waals surface area contributed by atoms with E-state index in [2.05, 4.69) is 65.5 Å². The summed E-state index contributed by atoms with van der Waals surface area (Å²) in [5.74, 6) is 1.11. The summed E-state index contributed by atoms with van der Waals surface area (Å²) in [6.07, 6.45) is 0. The highest BCUT2D eigenvalue weighted by atomic mass is 79.9. The van der Waals surface area contributed by atoms with Crippen LogP contribution in [0.5, 0.6) is 0 Å². The number of nitrogens with one attached hydrogen (secondary N) is 1. The maximum absolute atomic E-state index is 12.1. The van der Waals surface area contributed by atoms with E-state index in [1.165, 1.54) is 17.4 Å². The van der Waals surface area contributed by atoms with E-state index in [4.69, 9.17) is 0 Å². The van der Waals surface area contributed by atoms with Gasteiger partial charge in [0.2, 0.25) is 5.91 Å². The van der Waals surface area contributed by atoms with Gasteiger partial charge in [-0.1, -0.05) is 45.9 Å². The molecule has 6 nitrogen and oxygen atoms in total. The summed E-state index contributed by atoms with van der Waals surface area (Å²) in [5.41, 5.74) is 2.04. The number of thioether (sulfide) groups is 1. The van der Waals surface area contributed by atoms with Gasteiger partial charge in [-0.3, -0.25) is 4.79 Å². The summed E-state index contributed by atoms with van der Waals surface area (Å²) in [5, 5.41) is 12.3. The number of rotatable bonds is 6. The van der Waals surface area contributed by atoms with Crippen LogP contribution in [0, 0.1) is 0 Å². The van der Waals surface area contributed by atoms with Gasteiger partial charge in [0, 0.05) is 42.0 Å². The van der Waals surface area contributed by atoms with Gasteiger partial charge in [0.05, 0.1) is 5.75 Å². The number of amides is 1. The maximum Gasteiger partial charge on any atom is 0.234 e. The largest absolute Gasteiger partial charge is 0.368 e. The minimum Gasteiger partial charge on any atom is -0.368 e. The van der Waals surface area contributed by atoms with Crippen LogP contribution in [0.2, 0.25) is 0 Å². The van der Waals surface area contributed by atoms with Gasteiger partial charge in [0.1, 0.15) is 5.03 Å². The molecule has 1 aliphatic rings. The Morgan fingerprint density at radius 1 is 0.900 bits per heavy atom. The molecule has 1 fully saturated rings. The fourth-order valence-electron chi connectivity index (χ4n) is 3.26. The van der Waals surface area contributed by atoms with Crippen LogP contribution in [0.3, 0.4) is 0 Å². The van der Waals surface area contributed by atoms with Gasteiger partial charge >= 0.3 is 0 Å². The molecule has 0 spiro atoms. The molecule has 1 amide bonds. The molecule has 2 heterocycles. The number of piperazine rings is 1. The minimum atomic E-state index is -0.0646. The predicted octanol–water partition coefficient (Wildman–Crippen LogP) is 4.30. The van der Waals surface area contributed by atoms with Crippen molar-refractivity contribution >= 4 is 50.8 Å². The van der Waals surface area contributed by atoms with E-state index in [9.17, 15) is 4.79 Å². The molecule has 1 aromatic heterocycles. The van der Waals surface area contributed by atoms with E-state index in [1.807, 2.05) is 42.5 Å². The second-order valence-corrected chi connectivity index (χ2v) is 8.79. The number of carbonyl (C=O) groups is 1. The molecule has 1 N–H and O–H groups in total. The average molecular weight is 484 g/mol. The molecule has 0 aliphatic carbocycles. The number of anilines is 3. The van der Waals surface area contributed by atoms with Gasteiger partial charge in [-0.2, -0.15) is 0 Å². The monoisotopic (exact) mass is 483 g/mol. The summed E-state index contributed by atoms with van der Waals surface area (Å²) in [4.78, 5) is 16.8. The molecule has 30 heavy (non-hydrogen) atoms. The molecular formula is C22H22BrN5OS. The fourth-order valence-corrected chi connectivity index (χ4v) is 4.14. The topological polar surface area (TPSA) is 61.4 Å². The van der Waals surface area contributed by atoms with Crippen molar-refractivity contribution in [3.63, 3.8) is 0 Å². The zero-order valence-electron chi connectivity index (χ0n) is 16.4. The molecule has 3 aromatic rings. The van der Waals surface area contributed by atoms with E-state index in [0.717, 1.165) is 47.2 Å². The molecule has 0 bridgehead atoms. The zero-order valence-corrected chi connectivity index (χ0v) is 18.8. The summed E-state index contributed by atoms with van der Waals surface area (Å²) in [7, 11) is 0. The first-order chi connectivity index (χ1) is 14.7. The Labute approximate surface area is 188 Å². The fraction of sp³-hybridized carbons (Fsp3) is 0.227. The van der Waals surface area contributed by atoms with Crippen molar-refractivity contribution in [1.29, 1.82) is 0 Å². The van der Waals surface area contributed by atoms with Crippen LogP contribution in [0.25, 0.3) is 0 Å². The quantitative estimate of drug-likeness (QED) is 0.527. The van der Waals surface area contributed by atoms with E-state index in [1.54, 1.807) is 0 Å². The van der Waals surface area contributed by atoms with Crippen LogP contribution in [0.15, 0.2) is 76.2 Å². The van der Waals surface area contributed by atoms with Crippen LogP contribution in [-0.4, -0.2) is 48.0 Å². The van der Waals surface area contributed by atoms with Crippen molar-refractivity contribution in [3.05, 3.63) is 71.2 Å². The Balaban J connectivity index is 1.25. The number of aromatic nitrogens is 2. The number of hydrogen-bond donors (Lipinski definition) is 1. The van der Waals surface area contributed by atoms with E-state index in [0.29, 0.717) is 5.75 Å². The second kappa shape index (κ2) is 9.95. The van der Waals surface area contributed by atoms with Crippen LogP contribution < -0.4 is 15.1 Å². The SMILES string of the molecule is O=C(CSc1ccc(N2CCN(c3ccccc3)CC2)nn1)Nc1ccc(Br)cc1. The lowest BCUT2D eigenvalue weighted by Gasteiger charge is -2.36. The number of nitrogens with zero attached hydrogens (tertiary/aromatic N) is 4. The van der Waals surface area contributed by atoms with Gasteiger partial charge in [0.15, 0.2) is 5.82 Å².